The van der Waals surface area contributed by atoms with Crippen molar-refractivity contribution in [3.8, 4) is 5.82 Å². The molecule has 2 rings (SSSR count). The lowest BCUT2D eigenvalue weighted by atomic mass is 10.5. The van der Waals surface area contributed by atoms with E-state index in [1.807, 2.05) is 0 Å². The Labute approximate surface area is 89.4 Å². The molecule has 0 radical (unpaired) electrons. The van der Waals surface area contributed by atoms with E-state index >= 15 is 0 Å². The topological polar surface area (TPSA) is 69.6 Å². The minimum Gasteiger partial charge on any atom is -0.381 e. The molecule has 0 aromatic carbocycles. The minimum absolute atomic E-state index is 0.304. The van der Waals surface area contributed by atoms with Crippen LogP contribution in [0.25, 0.3) is 5.82 Å². The van der Waals surface area contributed by atoms with Crippen molar-refractivity contribution in [2.24, 2.45) is 0 Å². The summed E-state index contributed by atoms with van der Waals surface area (Å²) >= 11 is 11.6. The Balaban J connectivity index is 2.52. The second-order valence-corrected chi connectivity index (χ2v) is 3.36. The van der Waals surface area contributed by atoms with Crippen LogP contribution < -0.4 is 5.73 Å². The van der Waals surface area contributed by atoms with Crippen LogP contribution in [0, 0.1) is 0 Å². The maximum Gasteiger partial charge on any atom is 0.193 e. The Bertz CT molecular complexity index is 467. The second kappa shape index (κ2) is 3.43. The molecule has 0 unspecified atom stereocenters. The third kappa shape index (κ3) is 1.64. The maximum atomic E-state index is 5.88. The van der Waals surface area contributed by atoms with Crippen LogP contribution in [-0.2, 0) is 0 Å². The van der Waals surface area contributed by atoms with Gasteiger partial charge in [0.25, 0.3) is 0 Å². The molecule has 0 atom stereocenters. The fraction of sp³-hybridized carbons (Fsp3) is 0. The first kappa shape index (κ1) is 9.23. The van der Waals surface area contributed by atoms with Gasteiger partial charge < -0.3 is 5.73 Å². The summed E-state index contributed by atoms with van der Waals surface area (Å²) in [5.41, 5.74) is 5.40. The number of hydrogen-bond acceptors (Lipinski definition) is 4. The number of nitrogen functional groups attached to an aromatic ring is 1. The standard InChI is InChI=1S/C7H5Cl2N5/c8-4-1-5(9)7(11-2-4)14-12-3-6(10)13-14/h1-3H,(H2,10,13). The first-order valence-electron chi connectivity index (χ1n) is 3.66. The molecule has 0 fully saturated rings. The van der Waals surface area contributed by atoms with E-state index in [0.717, 1.165) is 0 Å². The van der Waals surface area contributed by atoms with Gasteiger partial charge in [0.05, 0.1) is 16.2 Å². The molecular weight excluding hydrogens is 225 g/mol. The predicted molar refractivity (Wildman–Crippen MR) is 53.6 cm³/mol. The van der Waals surface area contributed by atoms with E-state index in [1.54, 1.807) is 6.07 Å². The Morgan fingerprint density at radius 3 is 2.64 bits per heavy atom. The summed E-state index contributed by atoms with van der Waals surface area (Å²) in [4.78, 5) is 5.22. The van der Waals surface area contributed by atoms with Crippen LogP contribution in [0.3, 0.4) is 0 Å². The minimum atomic E-state index is 0.304. The molecule has 2 aromatic heterocycles. The van der Waals surface area contributed by atoms with E-state index in [0.29, 0.717) is 21.7 Å². The monoisotopic (exact) mass is 229 g/mol. The van der Waals surface area contributed by atoms with Crippen molar-refractivity contribution in [3.05, 3.63) is 28.5 Å². The maximum absolute atomic E-state index is 5.88. The Kier molecular flexibility index (Phi) is 2.26. The van der Waals surface area contributed by atoms with Crippen LogP contribution in [0.5, 0.6) is 0 Å². The third-order valence-corrected chi connectivity index (χ3v) is 1.97. The van der Waals surface area contributed by atoms with Gasteiger partial charge in [-0.2, -0.15) is 5.10 Å². The number of anilines is 1. The molecule has 72 valence electrons. The molecule has 5 nitrogen and oxygen atoms in total. The first-order valence-corrected chi connectivity index (χ1v) is 4.41. The van der Waals surface area contributed by atoms with Gasteiger partial charge in [-0.25, -0.2) is 4.98 Å². The SMILES string of the molecule is Nc1cnn(-c2ncc(Cl)cc2Cl)n1. The van der Waals surface area contributed by atoms with Gasteiger partial charge in [0.15, 0.2) is 11.6 Å². The quantitative estimate of drug-likeness (QED) is 0.806. The fourth-order valence-electron chi connectivity index (χ4n) is 0.931. The second-order valence-electron chi connectivity index (χ2n) is 2.52. The number of nitrogens with two attached hydrogens (primary N) is 1. The fourth-order valence-corrected chi connectivity index (χ4v) is 1.39. The van der Waals surface area contributed by atoms with Gasteiger partial charge in [0.2, 0.25) is 0 Å². The van der Waals surface area contributed by atoms with E-state index in [9.17, 15) is 0 Å². The largest absolute Gasteiger partial charge is 0.381 e. The summed E-state index contributed by atoms with van der Waals surface area (Å²) in [7, 11) is 0. The van der Waals surface area contributed by atoms with Crippen LogP contribution >= 0.6 is 23.2 Å². The van der Waals surface area contributed by atoms with Crippen molar-refractivity contribution >= 4 is 29.0 Å². The molecule has 0 aliphatic heterocycles. The van der Waals surface area contributed by atoms with Crippen LogP contribution in [0.2, 0.25) is 10.0 Å². The van der Waals surface area contributed by atoms with Crippen LogP contribution in [0.15, 0.2) is 18.5 Å². The zero-order chi connectivity index (χ0) is 10.1. The number of hydrogen-bond donors (Lipinski definition) is 1. The van der Waals surface area contributed by atoms with Crippen molar-refractivity contribution in [2.75, 3.05) is 5.73 Å². The summed E-state index contributed by atoms with van der Waals surface area (Å²) in [5.74, 6) is 0.700. The summed E-state index contributed by atoms with van der Waals surface area (Å²) in [6, 6.07) is 1.56. The summed E-state index contributed by atoms with van der Waals surface area (Å²) in [6.45, 7) is 0. The van der Waals surface area contributed by atoms with Crippen LogP contribution in [-0.4, -0.2) is 20.0 Å². The van der Waals surface area contributed by atoms with Gasteiger partial charge in [-0.3, -0.25) is 0 Å². The molecule has 0 amide bonds. The summed E-state index contributed by atoms with van der Waals surface area (Å²) < 4.78 is 0. The molecule has 7 heteroatoms. The zero-order valence-electron chi connectivity index (χ0n) is 6.85. The molecule has 0 spiro atoms. The number of halogens is 2. The van der Waals surface area contributed by atoms with E-state index in [2.05, 4.69) is 15.2 Å². The van der Waals surface area contributed by atoms with E-state index in [1.165, 1.54) is 17.2 Å². The Hall–Kier alpha value is -1.33. The number of aromatic nitrogens is 4. The normalized spacial score (nSPS) is 10.4. The Morgan fingerprint density at radius 1 is 1.29 bits per heavy atom. The highest BCUT2D eigenvalue weighted by atomic mass is 35.5. The molecule has 2 heterocycles. The number of pyridine rings is 1. The van der Waals surface area contributed by atoms with Gasteiger partial charge in [-0.1, -0.05) is 23.2 Å². The van der Waals surface area contributed by atoms with Gasteiger partial charge in [-0.05, 0) is 6.07 Å². The van der Waals surface area contributed by atoms with Crippen molar-refractivity contribution < 1.29 is 0 Å². The molecule has 0 bridgehead atoms. The lowest BCUT2D eigenvalue weighted by molar-refractivity contribution is 0.732. The first-order chi connectivity index (χ1) is 6.66. The third-order valence-electron chi connectivity index (χ3n) is 1.49. The van der Waals surface area contributed by atoms with Gasteiger partial charge >= 0.3 is 0 Å². The van der Waals surface area contributed by atoms with Gasteiger partial charge in [-0.15, -0.1) is 9.90 Å². The lowest BCUT2D eigenvalue weighted by Crippen LogP contribution is -2.02. The molecule has 0 aliphatic carbocycles. The smallest absolute Gasteiger partial charge is 0.193 e. The van der Waals surface area contributed by atoms with Crippen LogP contribution in [0.4, 0.5) is 5.82 Å². The predicted octanol–water partition coefficient (Wildman–Crippen LogP) is 1.55. The molecule has 14 heavy (non-hydrogen) atoms. The molecule has 2 aromatic rings. The molecular formula is C7H5Cl2N5. The molecule has 2 N–H and O–H groups in total. The van der Waals surface area contributed by atoms with Crippen molar-refractivity contribution in [3.63, 3.8) is 0 Å². The average Bonchev–Trinajstić information content (AvgIpc) is 2.51. The van der Waals surface area contributed by atoms with Crippen LogP contribution in [0.1, 0.15) is 0 Å². The number of rotatable bonds is 1. The summed E-state index contributed by atoms with van der Waals surface area (Å²) in [5, 5.41) is 8.56. The molecule has 0 saturated heterocycles. The van der Waals surface area contributed by atoms with Crippen molar-refractivity contribution in [1.82, 2.24) is 20.0 Å². The molecule has 0 aliphatic rings. The van der Waals surface area contributed by atoms with Gasteiger partial charge in [0, 0.05) is 6.20 Å². The van der Waals surface area contributed by atoms with Gasteiger partial charge in [0.1, 0.15) is 0 Å². The highest BCUT2D eigenvalue weighted by Crippen LogP contribution is 2.20. The number of nitrogens with zero attached hydrogens (tertiary/aromatic N) is 4. The highest BCUT2D eigenvalue weighted by molar-refractivity contribution is 6.35. The van der Waals surface area contributed by atoms with E-state index in [-0.39, 0.29) is 0 Å². The van der Waals surface area contributed by atoms with E-state index < -0.39 is 0 Å². The Morgan fingerprint density at radius 2 is 2.07 bits per heavy atom. The zero-order valence-corrected chi connectivity index (χ0v) is 8.37. The van der Waals surface area contributed by atoms with Crippen molar-refractivity contribution in [2.45, 2.75) is 0 Å². The van der Waals surface area contributed by atoms with Crippen molar-refractivity contribution in [1.29, 1.82) is 0 Å². The van der Waals surface area contributed by atoms with E-state index in [4.69, 9.17) is 28.9 Å². The molecule has 0 saturated carbocycles. The lowest BCUT2D eigenvalue weighted by Gasteiger charge is -2.00. The average molecular weight is 230 g/mol. The summed E-state index contributed by atoms with van der Waals surface area (Å²) in [6.07, 6.45) is 2.87. The highest BCUT2D eigenvalue weighted by Gasteiger charge is 2.07.